The fourth-order valence-electron chi connectivity index (χ4n) is 3.60. The van der Waals surface area contributed by atoms with Gasteiger partial charge in [-0.1, -0.05) is 18.2 Å². The highest BCUT2D eigenvalue weighted by atomic mass is 19.1. The van der Waals surface area contributed by atoms with Crippen LogP contribution in [0.4, 0.5) is 4.39 Å². The number of nitrogens with zero attached hydrogens (tertiary/aromatic N) is 2. The normalized spacial score (nSPS) is 19.5. The molecule has 4 rings (SSSR count). The molecule has 0 radical (unpaired) electrons. The molecule has 25 heavy (non-hydrogen) atoms. The Morgan fingerprint density at radius 2 is 2.08 bits per heavy atom. The van der Waals surface area contributed by atoms with Crippen LogP contribution in [0.15, 0.2) is 24.3 Å². The molecular weight excluding hydrogens is 319 g/mol. The van der Waals surface area contributed by atoms with Gasteiger partial charge in [-0.2, -0.15) is 5.10 Å². The summed E-state index contributed by atoms with van der Waals surface area (Å²) in [5.74, 6) is -0.535. The number of rotatable bonds is 5. The van der Waals surface area contributed by atoms with Gasteiger partial charge in [0.25, 0.3) is 5.91 Å². The largest absolute Gasteiger partial charge is 0.346 e. The molecule has 1 saturated carbocycles. The molecule has 1 atom stereocenters. The summed E-state index contributed by atoms with van der Waals surface area (Å²) >= 11 is 0. The topological polar surface area (TPSA) is 59.0 Å². The van der Waals surface area contributed by atoms with E-state index in [0.29, 0.717) is 23.3 Å². The van der Waals surface area contributed by atoms with Crippen molar-refractivity contribution in [2.45, 2.75) is 50.7 Å². The van der Waals surface area contributed by atoms with E-state index in [2.05, 4.69) is 15.7 Å². The Morgan fingerprint density at radius 1 is 1.28 bits per heavy atom. The van der Waals surface area contributed by atoms with Crippen LogP contribution in [0.3, 0.4) is 0 Å². The molecular formula is C19H23FN4O. The first-order chi connectivity index (χ1) is 12.1. The van der Waals surface area contributed by atoms with Crippen molar-refractivity contribution in [2.75, 3.05) is 0 Å². The van der Waals surface area contributed by atoms with E-state index in [1.54, 1.807) is 18.2 Å². The monoisotopic (exact) mass is 342 g/mol. The van der Waals surface area contributed by atoms with Gasteiger partial charge in [0, 0.05) is 42.5 Å². The van der Waals surface area contributed by atoms with Crippen molar-refractivity contribution in [1.82, 2.24) is 20.4 Å². The Hall–Kier alpha value is -2.21. The molecule has 2 aliphatic rings. The standard InChI is InChI=1S/C19H23FN4O/c1-24-17-9-8-14(22-13-6-7-13)10-15(17)18(23-24)19(25)21-11-12-4-2-3-5-16(12)20/h2-5,13-14,22H,6-11H2,1H3,(H,21,25). The van der Waals surface area contributed by atoms with Crippen molar-refractivity contribution >= 4 is 5.91 Å². The van der Waals surface area contributed by atoms with Crippen molar-refractivity contribution in [1.29, 1.82) is 0 Å². The molecule has 1 aromatic heterocycles. The molecule has 1 aromatic carbocycles. The van der Waals surface area contributed by atoms with Crippen LogP contribution in [0.1, 0.15) is 46.6 Å². The van der Waals surface area contributed by atoms with Crippen molar-refractivity contribution in [3.8, 4) is 0 Å². The summed E-state index contributed by atoms with van der Waals surface area (Å²) in [6, 6.07) is 7.56. The van der Waals surface area contributed by atoms with Crippen LogP contribution in [0, 0.1) is 5.82 Å². The quantitative estimate of drug-likeness (QED) is 0.875. The summed E-state index contributed by atoms with van der Waals surface area (Å²) in [6.45, 7) is 0.167. The number of fused-ring (bicyclic) bond motifs is 1. The van der Waals surface area contributed by atoms with Crippen molar-refractivity contribution < 1.29 is 9.18 Å². The van der Waals surface area contributed by atoms with Gasteiger partial charge in [0.2, 0.25) is 0 Å². The summed E-state index contributed by atoms with van der Waals surface area (Å²) in [5, 5.41) is 10.9. The number of hydrogen-bond donors (Lipinski definition) is 2. The van der Waals surface area contributed by atoms with Crippen molar-refractivity contribution in [3.63, 3.8) is 0 Å². The third kappa shape index (κ3) is 3.44. The lowest BCUT2D eigenvalue weighted by atomic mass is 9.91. The molecule has 0 spiro atoms. The molecule has 2 aliphatic carbocycles. The van der Waals surface area contributed by atoms with Crippen LogP contribution in [-0.2, 0) is 26.4 Å². The molecule has 1 fully saturated rings. The Bertz CT molecular complexity index is 797. The lowest BCUT2D eigenvalue weighted by molar-refractivity contribution is 0.0943. The summed E-state index contributed by atoms with van der Waals surface area (Å²) in [6.07, 6.45) is 5.37. The van der Waals surface area contributed by atoms with E-state index >= 15 is 0 Å². The first-order valence-electron chi connectivity index (χ1n) is 8.94. The molecule has 0 aliphatic heterocycles. The van der Waals surface area contributed by atoms with E-state index in [4.69, 9.17) is 0 Å². The minimum absolute atomic E-state index is 0.167. The van der Waals surface area contributed by atoms with Gasteiger partial charge in [0.05, 0.1) is 0 Å². The Labute approximate surface area is 146 Å². The second-order valence-electron chi connectivity index (χ2n) is 7.05. The van der Waals surface area contributed by atoms with E-state index in [-0.39, 0.29) is 18.3 Å². The Kier molecular flexibility index (Phi) is 4.29. The number of nitrogens with one attached hydrogen (secondary N) is 2. The predicted octanol–water partition coefficient (Wildman–Crippen LogP) is 2.10. The van der Waals surface area contributed by atoms with E-state index in [9.17, 15) is 9.18 Å². The van der Waals surface area contributed by atoms with Crippen LogP contribution in [0.2, 0.25) is 0 Å². The molecule has 1 heterocycles. The SMILES string of the molecule is Cn1nc(C(=O)NCc2ccccc2F)c2c1CCC(NC1CC1)C2. The highest BCUT2D eigenvalue weighted by molar-refractivity contribution is 5.94. The smallest absolute Gasteiger partial charge is 0.272 e. The number of benzene rings is 1. The van der Waals surface area contributed by atoms with Crippen LogP contribution < -0.4 is 10.6 Å². The Morgan fingerprint density at radius 3 is 2.84 bits per heavy atom. The van der Waals surface area contributed by atoms with Gasteiger partial charge in [-0.25, -0.2) is 4.39 Å². The first-order valence-corrected chi connectivity index (χ1v) is 8.94. The second-order valence-corrected chi connectivity index (χ2v) is 7.05. The summed E-state index contributed by atoms with van der Waals surface area (Å²) in [4.78, 5) is 12.6. The zero-order valence-corrected chi connectivity index (χ0v) is 14.4. The number of carbonyl (C=O) groups is 1. The predicted molar refractivity (Wildman–Crippen MR) is 92.7 cm³/mol. The maximum Gasteiger partial charge on any atom is 0.272 e. The fraction of sp³-hybridized carbons (Fsp3) is 0.474. The third-order valence-corrected chi connectivity index (χ3v) is 5.12. The van der Waals surface area contributed by atoms with E-state index < -0.39 is 0 Å². The third-order valence-electron chi connectivity index (χ3n) is 5.12. The second kappa shape index (κ2) is 6.59. The summed E-state index contributed by atoms with van der Waals surface area (Å²) in [5.41, 5.74) is 3.15. The zero-order valence-electron chi connectivity index (χ0n) is 14.4. The molecule has 132 valence electrons. The molecule has 5 nitrogen and oxygen atoms in total. The highest BCUT2D eigenvalue weighted by Gasteiger charge is 2.31. The molecule has 0 bridgehead atoms. The maximum absolute atomic E-state index is 13.7. The van der Waals surface area contributed by atoms with Gasteiger partial charge < -0.3 is 10.6 Å². The fourth-order valence-corrected chi connectivity index (χ4v) is 3.60. The van der Waals surface area contributed by atoms with Crippen molar-refractivity contribution in [2.24, 2.45) is 7.05 Å². The number of hydrogen-bond acceptors (Lipinski definition) is 3. The molecule has 0 saturated heterocycles. The van der Waals surface area contributed by atoms with Gasteiger partial charge in [0.1, 0.15) is 5.82 Å². The Balaban J connectivity index is 1.48. The van der Waals surface area contributed by atoms with E-state index in [1.165, 1.54) is 18.9 Å². The lowest BCUT2D eigenvalue weighted by Gasteiger charge is -2.24. The van der Waals surface area contributed by atoms with Gasteiger partial charge in [-0.3, -0.25) is 9.48 Å². The van der Waals surface area contributed by atoms with Crippen LogP contribution >= 0.6 is 0 Å². The van der Waals surface area contributed by atoms with Gasteiger partial charge in [-0.15, -0.1) is 0 Å². The molecule has 2 aromatic rings. The molecule has 6 heteroatoms. The average molecular weight is 342 g/mol. The lowest BCUT2D eigenvalue weighted by Crippen LogP contribution is -2.37. The van der Waals surface area contributed by atoms with Crippen LogP contribution in [-0.4, -0.2) is 27.8 Å². The number of amides is 1. The summed E-state index contributed by atoms with van der Waals surface area (Å²) in [7, 11) is 1.89. The molecule has 1 unspecified atom stereocenters. The number of aryl methyl sites for hydroxylation is 1. The van der Waals surface area contributed by atoms with Crippen molar-refractivity contribution in [3.05, 3.63) is 52.6 Å². The number of halogens is 1. The number of aromatic nitrogens is 2. The van der Waals surface area contributed by atoms with Gasteiger partial charge in [0.15, 0.2) is 5.69 Å². The van der Waals surface area contributed by atoms with E-state index in [0.717, 1.165) is 30.5 Å². The van der Waals surface area contributed by atoms with Crippen LogP contribution in [0.25, 0.3) is 0 Å². The summed E-state index contributed by atoms with van der Waals surface area (Å²) < 4.78 is 15.5. The maximum atomic E-state index is 13.7. The van der Waals surface area contributed by atoms with E-state index in [1.807, 2.05) is 11.7 Å². The zero-order chi connectivity index (χ0) is 17.4. The highest BCUT2D eigenvalue weighted by Crippen LogP contribution is 2.27. The van der Waals surface area contributed by atoms with Gasteiger partial charge >= 0.3 is 0 Å². The average Bonchev–Trinajstić information content (AvgIpc) is 3.36. The number of carbonyl (C=O) groups excluding carboxylic acids is 1. The minimum Gasteiger partial charge on any atom is -0.346 e. The van der Waals surface area contributed by atoms with Gasteiger partial charge in [-0.05, 0) is 38.2 Å². The molecule has 2 N–H and O–H groups in total. The minimum atomic E-state index is -0.306. The van der Waals surface area contributed by atoms with Crippen LogP contribution in [0.5, 0.6) is 0 Å². The molecule has 1 amide bonds. The first kappa shape index (κ1) is 16.3.